The van der Waals surface area contributed by atoms with Gasteiger partial charge in [-0.15, -0.1) is 0 Å². The average Bonchev–Trinajstić information content (AvgIpc) is 3.12. The van der Waals surface area contributed by atoms with E-state index in [1.165, 1.54) is 11.6 Å². The third-order valence-corrected chi connectivity index (χ3v) is 5.45. The lowest BCUT2D eigenvalue weighted by atomic mass is 10.1. The average molecular weight is 416 g/mol. The maximum Gasteiger partial charge on any atom is 0.331 e. The number of carbonyl (C=O) groups is 1. The molecule has 158 valence electrons. The Hall–Kier alpha value is -3.87. The van der Waals surface area contributed by atoms with Crippen molar-refractivity contribution in [2.24, 2.45) is 14.1 Å². The molecule has 0 radical (unpaired) electrons. The molecule has 4 rings (SSSR count). The molecule has 7 nitrogen and oxygen atoms in total. The van der Waals surface area contributed by atoms with Gasteiger partial charge < -0.3 is 9.88 Å². The molecule has 0 fully saturated rings. The van der Waals surface area contributed by atoms with E-state index in [9.17, 15) is 14.4 Å². The Labute approximate surface area is 179 Å². The van der Waals surface area contributed by atoms with Crippen molar-refractivity contribution in [3.05, 3.63) is 92.8 Å². The zero-order valence-corrected chi connectivity index (χ0v) is 17.8. The number of amides is 1. The van der Waals surface area contributed by atoms with Gasteiger partial charge >= 0.3 is 5.69 Å². The monoisotopic (exact) mass is 416 g/mol. The van der Waals surface area contributed by atoms with Crippen LogP contribution in [0.2, 0.25) is 0 Å². The number of fused-ring (bicyclic) bond motifs is 1. The molecule has 0 aliphatic rings. The Bertz CT molecular complexity index is 1380. The molecule has 0 unspecified atom stereocenters. The van der Waals surface area contributed by atoms with E-state index in [2.05, 4.69) is 5.32 Å². The lowest BCUT2D eigenvalue weighted by Crippen LogP contribution is -2.41. The second-order valence-corrected chi connectivity index (χ2v) is 7.71. The third kappa shape index (κ3) is 3.82. The van der Waals surface area contributed by atoms with Gasteiger partial charge in [-0.05, 0) is 18.1 Å². The predicted molar refractivity (Wildman–Crippen MR) is 121 cm³/mol. The molecule has 4 aromatic rings. The van der Waals surface area contributed by atoms with Crippen LogP contribution in [0.4, 0.5) is 0 Å². The van der Waals surface area contributed by atoms with Gasteiger partial charge in [-0.1, -0.05) is 60.2 Å². The summed E-state index contributed by atoms with van der Waals surface area (Å²) in [4.78, 5) is 38.5. The highest BCUT2D eigenvalue weighted by atomic mass is 16.2. The van der Waals surface area contributed by atoms with Crippen molar-refractivity contribution < 1.29 is 4.79 Å². The predicted octanol–water partition coefficient (Wildman–Crippen LogP) is 2.33. The molecule has 0 saturated heterocycles. The molecule has 1 N–H and O–H groups in total. The zero-order chi connectivity index (χ0) is 22.1. The van der Waals surface area contributed by atoms with Crippen molar-refractivity contribution in [3.63, 3.8) is 0 Å². The second kappa shape index (κ2) is 8.10. The second-order valence-electron chi connectivity index (χ2n) is 7.71. The fourth-order valence-electron chi connectivity index (χ4n) is 3.74. The summed E-state index contributed by atoms with van der Waals surface area (Å²) in [6.07, 6.45) is 1.82. The molecule has 1 amide bonds. The summed E-state index contributed by atoms with van der Waals surface area (Å²) in [5, 5.41) is 2.87. The van der Waals surface area contributed by atoms with Crippen LogP contribution < -0.4 is 16.6 Å². The Balaban J connectivity index is 1.76. The summed E-state index contributed by atoms with van der Waals surface area (Å²) in [6, 6.07) is 17.4. The molecule has 0 atom stereocenters. The van der Waals surface area contributed by atoms with Crippen LogP contribution in [0.15, 0.2) is 70.4 Å². The minimum atomic E-state index is -0.522. The summed E-state index contributed by atoms with van der Waals surface area (Å²) in [6.45, 7) is 2.19. The van der Waals surface area contributed by atoms with E-state index >= 15 is 0 Å². The van der Waals surface area contributed by atoms with Gasteiger partial charge in [0.25, 0.3) is 5.56 Å². The third-order valence-electron chi connectivity index (χ3n) is 5.45. The fourth-order valence-corrected chi connectivity index (χ4v) is 3.74. The SMILES string of the molecule is Cc1ccc(CNC(=O)Cn2c(=O)n(C)c(=O)c3c2c(-c2ccccc2)cn3C)cc1. The van der Waals surface area contributed by atoms with Crippen molar-refractivity contribution in [1.82, 2.24) is 19.0 Å². The Morgan fingerprint density at radius 3 is 2.29 bits per heavy atom. The van der Waals surface area contributed by atoms with Crippen molar-refractivity contribution in [3.8, 4) is 11.1 Å². The van der Waals surface area contributed by atoms with Crippen LogP contribution in [0.1, 0.15) is 11.1 Å². The molecule has 2 aromatic heterocycles. The summed E-state index contributed by atoms with van der Waals surface area (Å²) in [5.74, 6) is -0.300. The summed E-state index contributed by atoms with van der Waals surface area (Å²) >= 11 is 0. The number of nitrogens with one attached hydrogen (secondary N) is 1. The summed E-state index contributed by atoms with van der Waals surface area (Å²) < 4.78 is 4.13. The van der Waals surface area contributed by atoms with Crippen LogP contribution in [0.5, 0.6) is 0 Å². The van der Waals surface area contributed by atoms with Gasteiger partial charge in [0, 0.05) is 32.4 Å². The van der Waals surface area contributed by atoms with E-state index in [-0.39, 0.29) is 18.0 Å². The molecule has 31 heavy (non-hydrogen) atoms. The highest BCUT2D eigenvalue weighted by Crippen LogP contribution is 2.27. The first-order valence-corrected chi connectivity index (χ1v) is 10.0. The number of aromatic nitrogens is 3. The van der Waals surface area contributed by atoms with Crippen molar-refractivity contribution in [2.75, 3.05) is 0 Å². The van der Waals surface area contributed by atoms with Crippen LogP contribution in [-0.4, -0.2) is 19.6 Å². The fraction of sp³-hybridized carbons (Fsp3) is 0.208. The highest BCUT2D eigenvalue weighted by molar-refractivity contribution is 5.93. The van der Waals surface area contributed by atoms with E-state index in [4.69, 9.17) is 0 Å². The molecule has 0 bridgehead atoms. The summed E-state index contributed by atoms with van der Waals surface area (Å²) in [7, 11) is 3.20. The van der Waals surface area contributed by atoms with Crippen LogP contribution >= 0.6 is 0 Å². The van der Waals surface area contributed by atoms with Crippen LogP contribution in [0.3, 0.4) is 0 Å². The Kier molecular flexibility index (Phi) is 5.33. The van der Waals surface area contributed by atoms with E-state index in [0.717, 1.165) is 26.8 Å². The van der Waals surface area contributed by atoms with Crippen molar-refractivity contribution in [1.29, 1.82) is 0 Å². The number of hydrogen-bond donors (Lipinski definition) is 1. The van der Waals surface area contributed by atoms with Gasteiger partial charge in [-0.2, -0.15) is 0 Å². The minimum Gasteiger partial charge on any atom is -0.350 e. The van der Waals surface area contributed by atoms with E-state index < -0.39 is 5.69 Å². The van der Waals surface area contributed by atoms with Crippen LogP contribution in [0.25, 0.3) is 22.2 Å². The molecular formula is C24H24N4O3. The first-order valence-electron chi connectivity index (χ1n) is 10.0. The van der Waals surface area contributed by atoms with Gasteiger partial charge in [0.2, 0.25) is 5.91 Å². The highest BCUT2D eigenvalue weighted by Gasteiger charge is 2.20. The Morgan fingerprint density at radius 2 is 1.61 bits per heavy atom. The molecule has 0 aliphatic heterocycles. The lowest BCUT2D eigenvalue weighted by molar-refractivity contribution is -0.121. The van der Waals surface area contributed by atoms with Gasteiger partial charge in [0.05, 0.1) is 5.52 Å². The molecule has 0 spiro atoms. The smallest absolute Gasteiger partial charge is 0.331 e. The quantitative estimate of drug-likeness (QED) is 0.542. The molecular weight excluding hydrogens is 392 g/mol. The maximum atomic E-state index is 13.0. The standard InChI is InChI=1S/C24H24N4O3/c1-16-9-11-17(12-10-16)13-25-20(29)15-28-21-19(18-7-5-4-6-8-18)14-26(2)22(21)23(30)27(3)24(28)31/h4-12,14H,13,15H2,1-3H3,(H,25,29). The first-order chi connectivity index (χ1) is 14.9. The number of nitrogens with zero attached hydrogens (tertiary/aromatic N) is 3. The lowest BCUT2D eigenvalue weighted by Gasteiger charge is -2.12. The maximum absolute atomic E-state index is 13.0. The molecule has 7 heteroatoms. The number of hydrogen-bond acceptors (Lipinski definition) is 3. The molecule has 0 saturated carbocycles. The summed E-state index contributed by atoms with van der Waals surface area (Å²) in [5.41, 5.74) is 3.66. The topological polar surface area (TPSA) is 78.0 Å². The Morgan fingerprint density at radius 1 is 0.935 bits per heavy atom. The minimum absolute atomic E-state index is 0.181. The van der Waals surface area contributed by atoms with Gasteiger partial charge in [0.1, 0.15) is 12.1 Å². The zero-order valence-electron chi connectivity index (χ0n) is 17.8. The first kappa shape index (κ1) is 20.4. The normalized spacial score (nSPS) is 11.1. The molecule has 0 aliphatic carbocycles. The van der Waals surface area contributed by atoms with Gasteiger partial charge in [-0.25, -0.2) is 4.79 Å². The van der Waals surface area contributed by atoms with Gasteiger partial charge in [-0.3, -0.25) is 18.7 Å². The number of aryl methyl sites for hydroxylation is 2. The van der Waals surface area contributed by atoms with Crippen molar-refractivity contribution in [2.45, 2.75) is 20.0 Å². The van der Waals surface area contributed by atoms with Crippen LogP contribution in [-0.2, 0) is 32.0 Å². The number of carbonyl (C=O) groups excluding carboxylic acids is 1. The van der Waals surface area contributed by atoms with Gasteiger partial charge in [0.15, 0.2) is 0 Å². The van der Waals surface area contributed by atoms with E-state index in [0.29, 0.717) is 17.6 Å². The number of benzene rings is 2. The molecule has 2 heterocycles. The van der Waals surface area contributed by atoms with Crippen LogP contribution in [0, 0.1) is 6.92 Å². The van der Waals surface area contributed by atoms with Crippen molar-refractivity contribution >= 4 is 16.9 Å². The molecule has 2 aromatic carbocycles. The number of rotatable bonds is 5. The largest absolute Gasteiger partial charge is 0.350 e. The van der Waals surface area contributed by atoms with E-state index in [1.807, 2.05) is 67.7 Å². The van der Waals surface area contributed by atoms with E-state index in [1.54, 1.807) is 11.6 Å².